The number of aliphatic carboxylic acids is 2. The fourth-order valence-corrected chi connectivity index (χ4v) is 5.59. The van der Waals surface area contributed by atoms with Gasteiger partial charge in [-0.2, -0.15) is 10.2 Å². The Balaban J connectivity index is 6.47. The third-order valence-electron chi connectivity index (χ3n) is 6.34. The van der Waals surface area contributed by atoms with Crippen LogP contribution in [-0.2, 0) is 9.59 Å². The van der Waals surface area contributed by atoms with E-state index < -0.39 is 34.9 Å². The average molecular weight is 455 g/mol. The van der Waals surface area contributed by atoms with Crippen LogP contribution in [0, 0.1) is 34.5 Å². The summed E-state index contributed by atoms with van der Waals surface area (Å²) in [6, 6.07) is -0.966. The predicted molar refractivity (Wildman–Crippen MR) is 131 cm³/mol. The summed E-state index contributed by atoms with van der Waals surface area (Å²) in [5.74, 6) is -0.834. The van der Waals surface area contributed by atoms with Crippen LogP contribution in [0.2, 0.25) is 0 Å². The molecule has 0 saturated carbocycles. The van der Waals surface area contributed by atoms with Crippen molar-refractivity contribution < 1.29 is 19.8 Å². The number of azo groups is 1. The molecule has 2 atom stereocenters. The van der Waals surface area contributed by atoms with E-state index in [0.717, 1.165) is 0 Å². The molecule has 0 aromatic rings. The monoisotopic (exact) mass is 454 g/mol. The Hall–Kier alpha value is -1.46. The molecule has 0 fully saturated rings. The molecular weight excluding hydrogens is 404 g/mol. The average Bonchev–Trinajstić information content (AvgIpc) is 2.62. The van der Waals surface area contributed by atoms with Crippen LogP contribution in [0.4, 0.5) is 0 Å². The molecule has 2 N–H and O–H groups in total. The van der Waals surface area contributed by atoms with Crippen molar-refractivity contribution in [1.82, 2.24) is 0 Å². The molecule has 188 valence electrons. The molecule has 0 aliphatic heterocycles. The maximum atomic E-state index is 12.6. The van der Waals surface area contributed by atoms with Gasteiger partial charge in [0.15, 0.2) is 0 Å². The summed E-state index contributed by atoms with van der Waals surface area (Å²) >= 11 is 0. The lowest BCUT2D eigenvalue weighted by atomic mass is 9.68. The van der Waals surface area contributed by atoms with Gasteiger partial charge >= 0.3 is 11.9 Å². The summed E-state index contributed by atoms with van der Waals surface area (Å²) in [6.45, 7) is 20.2. The fourth-order valence-electron chi connectivity index (χ4n) is 5.59. The first kappa shape index (κ1) is 30.5. The first-order valence-corrected chi connectivity index (χ1v) is 12.5. The van der Waals surface area contributed by atoms with E-state index in [0.29, 0.717) is 38.5 Å². The lowest BCUT2D eigenvalue weighted by molar-refractivity contribution is -0.154. The van der Waals surface area contributed by atoms with Crippen LogP contribution in [0.5, 0.6) is 0 Å². The Labute approximate surface area is 196 Å². The number of hydrogen-bond donors (Lipinski definition) is 2. The topological polar surface area (TPSA) is 99.3 Å². The van der Waals surface area contributed by atoms with Gasteiger partial charge in [0.1, 0.15) is 0 Å². The number of carbonyl (C=O) groups is 2. The fraction of sp³-hybridized carbons (Fsp3) is 0.923. The largest absolute Gasteiger partial charge is 0.481 e. The van der Waals surface area contributed by atoms with Gasteiger partial charge < -0.3 is 10.2 Å². The van der Waals surface area contributed by atoms with E-state index in [1.807, 2.05) is 69.2 Å². The van der Waals surface area contributed by atoms with Crippen molar-refractivity contribution in [3.8, 4) is 0 Å². The highest BCUT2D eigenvalue weighted by Gasteiger charge is 2.48. The summed E-state index contributed by atoms with van der Waals surface area (Å²) in [5, 5.41) is 30.0. The lowest BCUT2D eigenvalue weighted by Gasteiger charge is -2.39. The van der Waals surface area contributed by atoms with Crippen molar-refractivity contribution in [2.45, 2.75) is 120 Å². The molecule has 0 rings (SSSR count). The molecule has 0 aromatic heterocycles. The number of carboxylic acid groups (broad SMARTS) is 2. The molecule has 6 heteroatoms. The molecule has 6 nitrogen and oxygen atoms in total. The minimum Gasteiger partial charge on any atom is -0.481 e. The van der Waals surface area contributed by atoms with Crippen LogP contribution < -0.4 is 0 Å². The van der Waals surface area contributed by atoms with E-state index >= 15 is 0 Å². The van der Waals surface area contributed by atoms with Crippen molar-refractivity contribution in [2.75, 3.05) is 0 Å². The van der Waals surface area contributed by atoms with Gasteiger partial charge in [0.05, 0.1) is 22.9 Å². The Morgan fingerprint density at radius 2 is 0.812 bits per heavy atom. The molecule has 0 radical (unpaired) electrons. The molecule has 32 heavy (non-hydrogen) atoms. The highest BCUT2D eigenvalue weighted by molar-refractivity contribution is 5.76. The zero-order valence-corrected chi connectivity index (χ0v) is 22.3. The van der Waals surface area contributed by atoms with Gasteiger partial charge in [0, 0.05) is 0 Å². The molecule has 0 bridgehead atoms. The van der Waals surface area contributed by atoms with Gasteiger partial charge in [-0.3, -0.25) is 9.59 Å². The first-order chi connectivity index (χ1) is 14.7. The summed E-state index contributed by atoms with van der Waals surface area (Å²) in [5.41, 5.74) is -2.00. The smallest absolute Gasteiger partial charge is 0.311 e. The molecule has 0 amide bonds. The van der Waals surface area contributed by atoms with Gasteiger partial charge in [0.25, 0.3) is 0 Å². The number of carboxylic acids is 2. The summed E-state index contributed by atoms with van der Waals surface area (Å²) < 4.78 is 0. The molecule has 2 unspecified atom stereocenters. The van der Waals surface area contributed by atoms with Gasteiger partial charge in [-0.15, -0.1) is 0 Å². The van der Waals surface area contributed by atoms with Crippen molar-refractivity contribution in [3.63, 3.8) is 0 Å². The Morgan fingerprint density at radius 1 is 0.594 bits per heavy atom. The van der Waals surface area contributed by atoms with Crippen LogP contribution >= 0.6 is 0 Å². The van der Waals surface area contributed by atoms with E-state index in [2.05, 4.69) is 10.2 Å². The van der Waals surface area contributed by atoms with Crippen LogP contribution in [0.15, 0.2) is 10.2 Å². The number of nitrogens with zero attached hydrogens (tertiary/aromatic N) is 2. The van der Waals surface area contributed by atoms with Crippen molar-refractivity contribution >= 4 is 11.9 Å². The first-order valence-electron chi connectivity index (χ1n) is 12.5. The van der Waals surface area contributed by atoms with E-state index in [1.54, 1.807) is 0 Å². The zero-order valence-electron chi connectivity index (χ0n) is 22.3. The predicted octanol–water partition coefficient (Wildman–Crippen LogP) is 7.32. The van der Waals surface area contributed by atoms with Crippen LogP contribution in [0.1, 0.15) is 108 Å². The van der Waals surface area contributed by atoms with E-state index in [-0.39, 0.29) is 23.7 Å². The number of rotatable bonds is 16. The van der Waals surface area contributed by atoms with Crippen LogP contribution in [0.25, 0.3) is 0 Å². The summed E-state index contributed by atoms with van der Waals surface area (Å²) in [6.07, 6.45) is 3.21. The van der Waals surface area contributed by atoms with Crippen LogP contribution in [-0.4, -0.2) is 34.2 Å². The second kappa shape index (κ2) is 13.3. The van der Waals surface area contributed by atoms with Crippen molar-refractivity contribution in [1.29, 1.82) is 0 Å². The molecule has 0 aliphatic carbocycles. The van der Waals surface area contributed by atoms with Gasteiger partial charge in [-0.1, -0.05) is 69.2 Å². The maximum absolute atomic E-state index is 12.6. The minimum absolute atomic E-state index is 0.205. The van der Waals surface area contributed by atoms with E-state index in [1.165, 1.54) is 0 Å². The minimum atomic E-state index is -0.999. The molecule has 0 aliphatic rings. The Morgan fingerprint density at radius 3 is 0.938 bits per heavy atom. The standard InChI is InChI=1S/C26H50N2O4/c1-11-21(25(23(29)30,13-17(3)4)14-18(5)6)27-28-22(12-2)26(24(31)32,15-19(7)8)16-20(9)10/h17-22H,11-16H2,1-10H3,(H,29,30)(H,31,32). The summed E-state index contributed by atoms with van der Waals surface area (Å²) in [4.78, 5) is 25.2. The lowest BCUT2D eigenvalue weighted by Crippen LogP contribution is -2.45. The third kappa shape index (κ3) is 8.15. The Kier molecular flexibility index (Phi) is 12.7. The second-order valence-corrected chi connectivity index (χ2v) is 11.4. The highest BCUT2D eigenvalue weighted by Crippen LogP contribution is 2.43. The van der Waals surface area contributed by atoms with Gasteiger partial charge in [-0.05, 0) is 62.2 Å². The molecule has 0 spiro atoms. The van der Waals surface area contributed by atoms with Crippen LogP contribution in [0.3, 0.4) is 0 Å². The zero-order chi connectivity index (χ0) is 25.3. The van der Waals surface area contributed by atoms with E-state index in [9.17, 15) is 19.8 Å². The third-order valence-corrected chi connectivity index (χ3v) is 6.34. The quantitative estimate of drug-likeness (QED) is 0.239. The normalized spacial score (nSPS) is 15.3. The SMILES string of the molecule is CCC(N=NC(CC)C(CC(C)C)(CC(C)C)C(=O)O)C(CC(C)C)(CC(C)C)C(=O)O. The highest BCUT2D eigenvalue weighted by atomic mass is 16.4. The molecule has 0 heterocycles. The molecule has 0 aromatic carbocycles. The molecule has 0 saturated heterocycles. The second-order valence-electron chi connectivity index (χ2n) is 11.4. The van der Waals surface area contributed by atoms with Gasteiger partial charge in [0.2, 0.25) is 0 Å². The number of hydrogen-bond acceptors (Lipinski definition) is 4. The molecular formula is C26H50N2O4. The summed E-state index contributed by atoms with van der Waals surface area (Å²) in [7, 11) is 0. The Bertz CT molecular complexity index is 539. The maximum Gasteiger partial charge on any atom is 0.311 e. The van der Waals surface area contributed by atoms with Crippen molar-refractivity contribution in [2.24, 2.45) is 44.7 Å². The van der Waals surface area contributed by atoms with Crippen molar-refractivity contribution in [3.05, 3.63) is 0 Å². The van der Waals surface area contributed by atoms with E-state index in [4.69, 9.17) is 0 Å². The van der Waals surface area contributed by atoms with Gasteiger partial charge in [-0.25, -0.2) is 0 Å².